The highest BCUT2D eigenvalue weighted by Gasteiger charge is 2.08. The van der Waals surface area contributed by atoms with Crippen LogP contribution in [0.2, 0.25) is 0 Å². The molecule has 0 atom stereocenters. The van der Waals surface area contributed by atoms with Gasteiger partial charge in [0.2, 0.25) is 11.8 Å². The van der Waals surface area contributed by atoms with Crippen LogP contribution in [0.4, 0.5) is 0 Å². The third kappa shape index (κ3) is 5.51. The van der Waals surface area contributed by atoms with E-state index in [1.807, 2.05) is 72.8 Å². The predicted octanol–water partition coefficient (Wildman–Crippen LogP) is 3.04. The minimum absolute atomic E-state index is 0.248. The van der Waals surface area contributed by atoms with E-state index in [0.717, 1.165) is 28.3 Å². The van der Waals surface area contributed by atoms with E-state index in [4.69, 9.17) is 0 Å². The summed E-state index contributed by atoms with van der Waals surface area (Å²) in [6.45, 7) is 0.495. The average Bonchev–Trinajstić information content (AvgIpc) is 2.69. The fraction of sp³-hybridized carbons (Fsp3) is 0.136. The molecule has 136 valence electrons. The van der Waals surface area contributed by atoms with Gasteiger partial charge in [-0.15, -0.1) is 0 Å². The van der Waals surface area contributed by atoms with Crippen LogP contribution in [-0.2, 0) is 16.0 Å². The van der Waals surface area contributed by atoms with Crippen molar-refractivity contribution in [3.63, 3.8) is 0 Å². The zero-order valence-corrected chi connectivity index (χ0v) is 14.9. The Bertz CT molecular complexity index is 947. The van der Waals surface area contributed by atoms with Gasteiger partial charge in [-0.05, 0) is 22.8 Å². The number of hydrazone groups is 1. The highest BCUT2D eigenvalue weighted by molar-refractivity contribution is 6.00. The quantitative estimate of drug-likeness (QED) is 0.387. The normalized spacial score (nSPS) is 10.8. The molecule has 0 unspecified atom stereocenters. The van der Waals surface area contributed by atoms with Crippen molar-refractivity contribution in [1.82, 2.24) is 10.7 Å². The maximum atomic E-state index is 11.9. The summed E-state index contributed by atoms with van der Waals surface area (Å²) < 4.78 is 0. The smallest absolute Gasteiger partial charge is 0.249 e. The van der Waals surface area contributed by atoms with Gasteiger partial charge in [-0.2, -0.15) is 5.10 Å². The summed E-state index contributed by atoms with van der Waals surface area (Å²) >= 11 is 0. The topological polar surface area (TPSA) is 70.6 Å². The van der Waals surface area contributed by atoms with Gasteiger partial charge in [-0.1, -0.05) is 72.8 Å². The van der Waals surface area contributed by atoms with Gasteiger partial charge in [-0.25, -0.2) is 5.43 Å². The van der Waals surface area contributed by atoms with E-state index in [-0.39, 0.29) is 12.3 Å². The molecular weight excluding hydrogens is 338 g/mol. The molecule has 5 heteroatoms. The summed E-state index contributed by atoms with van der Waals surface area (Å²) in [4.78, 5) is 23.7. The summed E-state index contributed by atoms with van der Waals surface area (Å²) in [7, 11) is 0. The van der Waals surface area contributed by atoms with Crippen LogP contribution in [0.25, 0.3) is 10.8 Å². The zero-order valence-electron chi connectivity index (χ0n) is 14.9. The van der Waals surface area contributed by atoms with Crippen molar-refractivity contribution in [3.8, 4) is 0 Å². The Labute approximate surface area is 158 Å². The van der Waals surface area contributed by atoms with Crippen LogP contribution in [0.3, 0.4) is 0 Å². The molecule has 0 aromatic heterocycles. The largest absolute Gasteiger partial charge is 0.355 e. The van der Waals surface area contributed by atoms with Crippen molar-refractivity contribution < 1.29 is 9.59 Å². The van der Waals surface area contributed by atoms with Gasteiger partial charge in [0, 0.05) is 12.1 Å². The van der Waals surface area contributed by atoms with Crippen molar-refractivity contribution in [2.24, 2.45) is 5.10 Å². The zero-order chi connectivity index (χ0) is 18.9. The number of amides is 2. The number of nitrogens with zero attached hydrogens (tertiary/aromatic N) is 1. The molecule has 2 N–H and O–H groups in total. The summed E-state index contributed by atoms with van der Waals surface area (Å²) in [5.41, 5.74) is 4.45. The molecule has 0 aliphatic carbocycles. The van der Waals surface area contributed by atoms with Gasteiger partial charge in [0.15, 0.2) is 0 Å². The summed E-state index contributed by atoms with van der Waals surface area (Å²) in [5, 5.41) is 8.87. The molecule has 0 spiro atoms. The van der Waals surface area contributed by atoms with Crippen LogP contribution in [-0.4, -0.2) is 24.6 Å². The SMILES string of the molecule is O=C(CC(=O)N/N=C/c1cccc2ccccc12)NCCc1ccccc1. The van der Waals surface area contributed by atoms with Gasteiger partial charge >= 0.3 is 0 Å². The van der Waals surface area contributed by atoms with Gasteiger partial charge in [-0.3, -0.25) is 9.59 Å². The first-order chi connectivity index (χ1) is 13.2. The van der Waals surface area contributed by atoms with Gasteiger partial charge in [0.25, 0.3) is 0 Å². The molecule has 0 saturated carbocycles. The van der Waals surface area contributed by atoms with E-state index in [0.29, 0.717) is 6.54 Å². The molecule has 3 aromatic carbocycles. The van der Waals surface area contributed by atoms with Crippen molar-refractivity contribution >= 4 is 28.8 Å². The van der Waals surface area contributed by atoms with Crippen molar-refractivity contribution in [2.75, 3.05) is 6.54 Å². The second-order valence-electron chi connectivity index (χ2n) is 6.12. The predicted molar refractivity (Wildman–Crippen MR) is 107 cm³/mol. The van der Waals surface area contributed by atoms with Gasteiger partial charge in [0.1, 0.15) is 6.42 Å². The summed E-state index contributed by atoms with van der Waals surface area (Å²) in [6, 6.07) is 23.7. The van der Waals surface area contributed by atoms with Crippen molar-refractivity contribution in [1.29, 1.82) is 0 Å². The Balaban J connectivity index is 1.45. The van der Waals surface area contributed by atoms with E-state index in [2.05, 4.69) is 15.8 Å². The molecule has 3 aromatic rings. The fourth-order valence-corrected chi connectivity index (χ4v) is 2.78. The number of carbonyl (C=O) groups is 2. The first kappa shape index (κ1) is 18.3. The monoisotopic (exact) mass is 359 g/mol. The molecule has 0 fully saturated rings. The molecule has 0 radical (unpaired) electrons. The lowest BCUT2D eigenvalue weighted by molar-refractivity contribution is -0.129. The van der Waals surface area contributed by atoms with E-state index in [1.165, 1.54) is 0 Å². The summed E-state index contributed by atoms with van der Waals surface area (Å²) in [5.74, 6) is -0.757. The first-order valence-electron chi connectivity index (χ1n) is 8.82. The minimum atomic E-state index is -0.441. The lowest BCUT2D eigenvalue weighted by atomic mass is 10.1. The highest BCUT2D eigenvalue weighted by Crippen LogP contribution is 2.16. The van der Waals surface area contributed by atoms with Crippen molar-refractivity contribution in [3.05, 3.63) is 83.9 Å². The molecule has 0 heterocycles. The third-order valence-corrected chi connectivity index (χ3v) is 4.12. The molecule has 27 heavy (non-hydrogen) atoms. The lowest BCUT2D eigenvalue weighted by Crippen LogP contribution is -2.31. The van der Waals surface area contributed by atoms with Crippen LogP contribution in [0, 0.1) is 0 Å². The Kier molecular flexibility index (Phi) is 6.30. The number of hydrogen-bond donors (Lipinski definition) is 2. The van der Waals surface area contributed by atoms with E-state index < -0.39 is 5.91 Å². The Morgan fingerprint density at radius 1 is 0.852 bits per heavy atom. The molecule has 0 bridgehead atoms. The molecule has 3 rings (SSSR count). The highest BCUT2D eigenvalue weighted by atomic mass is 16.2. The lowest BCUT2D eigenvalue weighted by Gasteiger charge is -2.05. The number of fused-ring (bicyclic) bond motifs is 1. The van der Waals surface area contributed by atoms with Crippen LogP contribution in [0.15, 0.2) is 77.9 Å². The molecule has 5 nitrogen and oxygen atoms in total. The van der Waals surface area contributed by atoms with E-state index >= 15 is 0 Å². The van der Waals surface area contributed by atoms with Crippen LogP contribution in [0.5, 0.6) is 0 Å². The minimum Gasteiger partial charge on any atom is -0.355 e. The standard InChI is InChI=1S/C22H21N3O2/c26-21(23-14-13-17-7-2-1-3-8-17)15-22(27)25-24-16-19-11-6-10-18-9-4-5-12-20(18)19/h1-12,16H,13-15H2,(H,23,26)(H,25,27)/b24-16+. The maximum absolute atomic E-state index is 11.9. The number of nitrogens with one attached hydrogen (secondary N) is 2. The van der Waals surface area contributed by atoms with Gasteiger partial charge < -0.3 is 5.32 Å². The number of hydrogen-bond acceptors (Lipinski definition) is 3. The molecule has 0 aliphatic rings. The third-order valence-electron chi connectivity index (χ3n) is 4.12. The van der Waals surface area contributed by atoms with Crippen molar-refractivity contribution in [2.45, 2.75) is 12.8 Å². The maximum Gasteiger partial charge on any atom is 0.249 e. The van der Waals surface area contributed by atoms with Crippen LogP contribution in [0.1, 0.15) is 17.5 Å². The molecule has 2 amide bonds. The Hall–Kier alpha value is -3.47. The fourth-order valence-electron chi connectivity index (χ4n) is 2.78. The first-order valence-corrected chi connectivity index (χ1v) is 8.82. The average molecular weight is 359 g/mol. The van der Waals surface area contributed by atoms with E-state index in [1.54, 1.807) is 6.21 Å². The summed E-state index contributed by atoms with van der Waals surface area (Å²) in [6.07, 6.45) is 2.07. The van der Waals surface area contributed by atoms with Crippen LogP contribution < -0.4 is 10.7 Å². The van der Waals surface area contributed by atoms with E-state index in [9.17, 15) is 9.59 Å². The molecular formula is C22H21N3O2. The molecule has 0 saturated heterocycles. The second kappa shape index (κ2) is 9.29. The van der Waals surface area contributed by atoms with Gasteiger partial charge in [0.05, 0.1) is 6.21 Å². The second-order valence-corrected chi connectivity index (χ2v) is 6.12. The Morgan fingerprint density at radius 2 is 1.59 bits per heavy atom. The molecule has 0 aliphatic heterocycles. The van der Waals surface area contributed by atoms with Crippen LogP contribution >= 0.6 is 0 Å². The Morgan fingerprint density at radius 3 is 2.44 bits per heavy atom. The number of carbonyl (C=O) groups excluding carboxylic acids is 2. The number of rotatable bonds is 7. The number of benzene rings is 3.